The lowest BCUT2D eigenvalue weighted by molar-refractivity contribution is 0.183. The molecule has 1 heterocycles. The van der Waals surface area contributed by atoms with Crippen LogP contribution >= 0.6 is 0 Å². The molecule has 0 saturated heterocycles. The van der Waals surface area contributed by atoms with Crippen molar-refractivity contribution >= 4 is 20.9 Å². The van der Waals surface area contributed by atoms with Crippen molar-refractivity contribution in [2.45, 2.75) is 31.8 Å². The molecule has 26 heavy (non-hydrogen) atoms. The first-order valence-corrected chi connectivity index (χ1v) is 9.98. The van der Waals surface area contributed by atoms with E-state index in [0.29, 0.717) is 16.7 Å². The third-order valence-electron chi connectivity index (χ3n) is 4.63. The Kier molecular flexibility index (Phi) is 4.92. The quantitative estimate of drug-likeness (QED) is 0.723. The first-order valence-electron chi connectivity index (χ1n) is 8.50. The van der Waals surface area contributed by atoms with Gasteiger partial charge in [0.25, 0.3) is 0 Å². The van der Waals surface area contributed by atoms with E-state index in [1.807, 2.05) is 61.1 Å². The summed E-state index contributed by atoms with van der Waals surface area (Å²) in [6.45, 7) is 5.43. The average molecular weight is 372 g/mol. The summed E-state index contributed by atoms with van der Waals surface area (Å²) in [7, 11) is -1.80. The van der Waals surface area contributed by atoms with Crippen molar-refractivity contribution in [1.82, 2.24) is 9.29 Å². The zero-order chi connectivity index (χ0) is 19.1. The molecule has 0 radical (unpaired) electrons. The standard InChI is InChI=1S/C20H24N2O3S/c1-13-9-14(2)20(15(3)10-13)26(24,25)21-11-19(23)17-12-22(4)18-8-6-5-7-16(17)18/h5-10,12,19,21,23H,11H2,1-4H3. The van der Waals surface area contributed by atoms with Crippen LogP contribution in [0.1, 0.15) is 28.4 Å². The maximum atomic E-state index is 12.8. The molecule has 0 aliphatic carbocycles. The van der Waals surface area contributed by atoms with E-state index in [1.54, 1.807) is 13.8 Å². The van der Waals surface area contributed by atoms with E-state index < -0.39 is 16.1 Å². The molecule has 2 N–H and O–H groups in total. The summed E-state index contributed by atoms with van der Waals surface area (Å²) in [6, 6.07) is 11.4. The Morgan fingerprint density at radius 1 is 1.12 bits per heavy atom. The van der Waals surface area contributed by atoms with Gasteiger partial charge in [-0.2, -0.15) is 0 Å². The fourth-order valence-electron chi connectivity index (χ4n) is 3.60. The monoisotopic (exact) mass is 372 g/mol. The van der Waals surface area contributed by atoms with Gasteiger partial charge in [-0.3, -0.25) is 0 Å². The topological polar surface area (TPSA) is 71.3 Å². The number of hydrogen-bond donors (Lipinski definition) is 2. The van der Waals surface area contributed by atoms with Gasteiger partial charge in [0.05, 0.1) is 11.0 Å². The summed E-state index contributed by atoms with van der Waals surface area (Å²) in [5.74, 6) is 0. The van der Waals surface area contributed by atoms with Crippen LogP contribution < -0.4 is 4.72 Å². The minimum atomic E-state index is -3.70. The molecule has 1 unspecified atom stereocenters. The molecule has 0 amide bonds. The van der Waals surface area contributed by atoms with E-state index >= 15 is 0 Å². The zero-order valence-electron chi connectivity index (χ0n) is 15.4. The molecule has 3 rings (SSSR count). The van der Waals surface area contributed by atoms with Gasteiger partial charge in [0.2, 0.25) is 10.0 Å². The molecule has 0 spiro atoms. The van der Waals surface area contributed by atoms with Gasteiger partial charge >= 0.3 is 0 Å². The second-order valence-corrected chi connectivity index (χ2v) is 8.51. The van der Waals surface area contributed by atoms with Gasteiger partial charge in [-0.15, -0.1) is 0 Å². The molecular weight excluding hydrogens is 348 g/mol. The molecule has 0 fully saturated rings. The number of aryl methyl sites for hydroxylation is 4. The SMILES string of the molecule is Cc1cc(C)c(S(=O)(=O)NCC(O)c2cn(C)c3ccccc23)c(C)c1. The molecule has 6 heteroatoms. The summed E-state index contributed by atoms with van der Waals surface area (Å²) in [5.41, 5.74) is 4.14. The summed E-state index contributed by atoms with van der Waals surface area (Å²) >= 11 is 0. The van der Waals surface area contributed by atoms with E-state index in [-0.39, 0.29) is 11.4 Å². The van der Waals surface area contributed by atoms with Gasteiger partial charge in [0.15, 0.2) is 0 Å². The normalized spacial score (nSPS) is 13.3. The smallest absolute Gasteiger partial charge is 0.241 e. The first-order chi connectivity index (χ1) is 12.2. The van der Waals surface area contributed by atoms with Crippen LogP contribution in [0.4, 0.5) is 0 Å². The molecule has 5 nitrogen and oxygen atoms in total. The first kappa shape index (κ1) is 18.6. The van der Waals surface area contributed by atoms with Crippen molar-refractivity contribution in [3.05, 3.63) is 64.8 Å². The molecule has 3 aromatic rings. The van der Waals surface area contributed by atoms with E-state index in [4.69, 9.17) is 0 Å². The fraction of sp³-hybridized carbons (Fsp3) is 0.300. The molecule has 1 aromatic heterocycles. The Labute approximate surface area is 154 Å². The number of aliphatic hydroxyl groups is 1. The maximum absolute atomic E-state index is 12.8. The number of aliphatic hydroxyl groups excluding tert-OH is 1. The summed E-state index contributed by atoms with van der Waals surface area (Å²) in [5, 5.41) is 11.5. The lowest BCUT2D eigenvalue weighted by atomic mass is 10.1. The van der Waals surface area contributed by atoms with Crippen molar-refractivity contribution in [3.63, 3.8) is 0 Å². The third-order valence-corrected chi connectivity index (χ3v) is 6.35. The number of nitrogens with zero attached hydrogens (tertiary/aromatic N) is 1. The summed E-state index contributed by atoms with van der Waals surface area (Å²) < 4.78 is 30.0. The van der Waals surface area contributed by atoms with Crippen molar-refractivity contribution in [3.8, 4) is 0 Å². The van der Waals surface area contributed by atoms with E-state index in [1.165, 1.54) is 0 Å². The third kappa shape index (κ3) is 3.40. The van der Waals surface area contributed by atoms with E-state index in [9.17, 15) is 13.5 Å². The molecule has 2 aromatic carbocycles. The Bertz CT molecular complexity index is 1040. The second kappa shape index (κ2) is 6.87. The highest BCUT2D eigenvalue weighted by atomic mass is 32.2. The molecular formula is C20H24N2O3S. The highest BCUT2D eigenvalue weighted by Gasteiger charge is 2.22. The van der Waals surface area contributed by atoms with Gasteiger partial charge in [-0.25, -0.2) is 13.1 Å². The van der Waals surface area contributed by atoms with Crippen LogP contribution in [0.5, 0.6) is 0 Å². The van der Waals surface area contributed by atoms with Crippen LogP contribution in [-0.4, -0.2) is 24.6 Å². The minimum absolute atomic E-state index is 0.0803. The van der Waals surface area contributed by atoms with E-state index in [2.05, 4.69) is 4.72 Å². The van der Waals surface area contributed by atoms with Crippen LogP contribution in [0.2, 0.25) is 0 Å². The van der Waals surface area contributed by atoms with Crippen LogP contribution in [0, 0.1) is 20.8 Å². The van der Waals surface area contributed by atoms with Crippen LogP contribution in [0.25, 0.3) is 10.9 Å². The number of para-hydroxylation sites is 1. The summed E-state index contributed by atoms with van der Waals surface area (Å²) in [6.07, 6.45) is 0.911. The van der Waals surface area contributed by atoms with Gasteiger partial charge in [-0.05, 0) is 38.0 Å². The minimum Gasteiger partial charge on any atom is -0.387 e. The average Bonchev–Trinajstić information content (AvgIpc) is 2.89. The molecule has 0 aliphatic rings. The van der Waals surface area contributed by atoms with Crippen molar-refractivity contribution in [2.24, 2.45) is 7.05 Å². The predicted molar refractivity (Wildman–Crippen MR) is 104 cm³/mol. The second-order valence-electron chi connectivity index (χ2n) is 6.81. The van der Waals surface area contributed by atoms with Gasteiger partial charge in [-0.1, -0.05) is 35.9 Å². The van der Waals surface area contributed by atoms with E-state index in [0.717, 1.165) is 16.5 Å². The lowest BCUT2D eigenvalue weighted by Gasteiger charge is -2.15. The number of sulfonamides is 1. The lowest BCUT2D eigenvalue weighted by Crippen LogP contribution is -2.29. The van der Waals surface area contributed by atoms with Crippen molar-refractivity contribution in [1.29, 1.82) is 0 Å². The Hall–Kier alpha value is -2.15. The van der Waals surface area contributed by atoms with Crippen molar-refractivity contribution < 1.29 is 13.5 Å². The molecule has 0 saturated carbocycles. The largest absolute Gasteiger partial charge is 0.387 e. The van der Waals surface area contributed by atoms with Crippen LogP contribution in [-0.2, 0) is 17.1 Å². The molecule has 138 valence electrons. The Morgan fingerprint density at radius 3 is 2.38 bits per heavy atom. The van der Waals surface area contributed by atoms with Gasteiger partial charge in [0, 0.05) is 36.3 Å². The molecule has 0 aliphatic heterocycles. The molecule has 0 bridgehead atoms. The number of hydrogen-bond acceptors (Lipinski definition) is 3. The van der Waals surface area contributed by atoms with Crippen molar-refractivity contribution in [2.75, 3.05) is 6.54 Å². The van der Waals surface area contributed by atoms with Crippen LogP contribution in [0.3, 0.4) is 0 Å². The maximum Gasteiger partial charge on any atom is 0.241 e. The number of rotatable bonds is 5. The van der Waals surface area contributed by atoms with Crippen LogP contribution in [0.15, 0.2) is 47.5 Å². The number of fused-ring (bicyclic) bond motifs is 1. The van der Waals surface area contributed by atoms with Gasteiger partial charge in [0.1, 0.15) is 0 Å². The van der Waals surface area contributed by atoms with Gasteiger partial charge < -0.3 is 9.67 Å². The Balaban J connectivity index is 1.86. The molecule has 1 atom stereocenters. The predicted octanol–water partition coefficient (Wildman–Crippen LogP) is 3.12. The highest BCUT2D eigenvalue weighted by molar-refractivity contribution is 7.89. The number of benzene rings is 2. The highest BCUT2D eigenvalue weighted by Crippen LogP contribution is 2.26. The Morgan fingerprint density at radius 2 is 1.73 bits per heavy atom. The fourth-order valence-corrected chi connectivity index (χ4v) is 5.09. The zero-order valence-corrected chi connectivity index (χ0v) is 16.3. The number of nitrogens with one attached hydrogen (secondary N) is 1. The number of aromatic nitrogens is 1. The summed E-state index contributed by atoms with van der Waals surface area (Å²) in [4.78, 5) is 0.285.